The summed E-state index contributed by atoms with van der Waals surface area (Å²) in [6.45, 7) is 2.53. The van der Waals surface area contributed by atoms with Crippen molar-refractivity contribution in [2.45, 2.75) is 37.6 Å². The third kappa shape index (κ3) is 1.69. The second-order valence-corrected chi connectivity index (χ2v) is 4.90. The molecule has 1 unspecified atom stereocenters. The summed E-state index contributed by atoms with van der Waals surface area (Å²) in [5, 5.41) is 3.73. The number of rotatable bonds is 2. The second-order valence-electron chi connectivity index (χ2n) is 4.90. The van der Waals surface area contributed by atoms with Gasteiger partial charge in [-0.15, -0.1) is 0 Å². The maximum Gasteiger partial charge on any atom is 0.159 e. The Morgan fingerprint density at radius 3 is 3.00 bits per heavy atom. The standard InChI is InChI=1S/C13H18N2O/c1-2-10-15-11-3-7-13(15,6-1)8-4-12-5-9-14-16-12/h4-5,8-9H,1-3,6-7,10-11H2/b8-4-. The molecule has 2 aliphatic rings. The molecule has 0 spiro atoms. The summed E-state index contributed by atoms with van der Waals surface area (Å²) in [6, 6.07) is 1.91. The van der Waals surface area contributed by atoms with Crippen LogP contribution in [0.15, 0.2) is 22.9 Å². The molecule has 0 aliphatic carbocycles. The molecule has 86 valence electrons. The van der Waals surface area contributed by atoms with Crippen LogP contribution in [0.3, 0.4) is 0 Å². The first-order valence-corrected chi connectivity index (χ1v) is 6.24. The van der Waals surface area contributed by atoms with Gasteiger partial charge < -0.3 is 4.52 Å². The molecule has 2 aliphatic heterocycles. The van der Waals surface area contributed by atoms with E-state index < -0.39 is 0 Å². The van der Waals surface area contributed by atoms with E-state index in [4.69, 9.17) is 4.52 Å². The molecule has 2 saturated heterocycles. The second kappa shape index (κ2) is 4.06. The molecule has 0 N–H and O–H groups in total. The summed E-state index contributed by atoms with van der Waals surface area (Å²) in [5.41, 5.74) is 0.324. The zero-order valence-corrected chi connectivity index (χ0v) is 9.56. The van der Waals surface area contributed by atoms with E-state index in [1.54, 1.807) is 6.20 Å². The predicted octanol–water partition coefficient (Wildman–Crippen LogP) is 2.71. The monoisotopic (exact) mass is 218 g/mol. The van der Waals surface area contributed by atoms with Crippen LogP contribution in [0, 0.1) is 0 Å². The number of fused-ring (bicyclic) bond motifs is 1. The molecule has 3 heteroatoms. The van der Waals surface area contributed by atoms with E-state index in [9.17, 15) is 0 Å². The van der Waals surface area contributed by atoms with Crippen LogP contribution < -0.4 is 0 Å². The number of nitrogens with zero attached hydrogens (tertiary/aromatic N) is 2. The lowest BCUT2D eigenvalue weighted by Gasteiger charge is -2.40. The Balaban J connectivity index is 1.81. The lowest BCUT2D eigenvalue weighted by molar-refractivity contribution is 0.134. The molecule has 3 nitrogen and oxygen atoms in total. The first-order chi connectivity index (χ1) is 7.89. The van der Waals surface area contributed by atoms with E-state index >= 15 is 0 Å². The van der Waals surface area contributed by atoms with Crippen LogP contribution in [0.1, 0.15) is 37.9 Å². The van der Waals surface area contributed by atoms with E-state index in [0.717, 1.165) is 5.76 Å². The van der Waals surface area contributed by atoms with Gasteiger partial charge >= 0.3 is 0 Å². The SMILES string of the molecule is C(=C/C12CCCCN1CCC2)/c1ccno1. The Morgan fingerprint density at radius 1 is 1.25 bits per heavy atom. The molecular weight excluding hydrogens is 200 g/mol. The maximum atomic E-state index is 5.11. The Bertz CT molecular complexity index is 371. The van der Waals surface area contributed by atoms with E-state index in [2.05, 4.69) is 22.2 Å². The summed E-state index contributed by atoms with van der Waals surface area (Å²) >= 11 is 0. The van der Waals surface area contributed by atoms with Gasteiger partial charge in [0.05, 0.1) is 6.20 Å². The Kier molecular flexibility index (Phi) is 2.56. The number of aromatic nitrogens is 1. The zero-order chi connectivity index (χ0) is 10.8. The average Bonchev–Trinajstić information content (AvgIpc) is 2.96. The minimum Gasteiger partial charge on any atom is -0.357 e. The normalized spacial score (nSPS) is 31.0. The molecule has 3 heterocycles. The van der Waals surface area contributed by atoms with Crippen molar-refractivity contribution in [3.63, 3.8) is 0 Å². The number of hydrogen-bond donors (Lipinski definition) is 0. The Labute approximate surface area is 96.1 Å². The first kappa shape index (κ1) is 10.1. The van der Waals surface area contributed by atoms with Gasteiger partial charge in [-0.3, -0.25) is 4.90 Å². The Morgan fingerprint density at radius 2 is 2.12 bits per heavy atom. The molecule has 0 radical (unpaired) electrons. The molecule has 16 heavy (non-hydrogen) atoms. The van der Waals surface area contributed by atoms with Crippen molar-refractivity contribution in [1.82, 2.24) is 10.1 Å². The van der Waals surface area contributed by atoms with Crippen LogP contribution in [-0.2, 0) is 0 Å². The molecular formula is C13H18N2O. The van der Waals surface area contributed by atoms with Crippen molar-refractivity contribution in [1.29, 1.82) is 0 Å². The first-order valence-electron chi connectivity index (χ1n) is 6.24. The molecule has 1 aromatic rings. The van der Waals surface area contributed by atoms with Crippen molar-refractivity contribution >= 4 is 6.08 Å². The highest BCUT2D eigenvalue weighted by molar-refractivity contribution is 5.44. The molecule has 0 saturated carbocycles. The van der Waals surface area contributed by atoms with Gasteiger partial charge in [-0.25, -0.2) is 0 Å². The van der Waals surface area contributed by atoms with Gasteiger partial charge in [0.25, 0.3) is 0 Å². The number of hydrogen-bond acceptors (Lipinski definition) is 3. The third-order valence-electron chi connectivity index (χ3n) is 3.97. The molecule has 2 fully saturated rings. The van der Waals surface area contributed by atoms with Gasteiger partial charge in [0.15, 0.2) is 5.76 Å². The largest absolute Gasteiger partial charge is 0.357 e. The van der Waals surface area contributed by atoms with Gasteiger partial charge in [0.1, 0.15) is 0 Å². The van der Waals surface area contributed by atoms with Crippen LogP contribution in [-0.4, -0.2) is 28.7 Å². The quantitative estimate of drug-likeness (QED) is 0.764. The van der Waals surface area contributed by atoms with E-state index in [1.165, 1.54) is 45.2 Å². The summed E-state index contributed by atoms with van der Waals surface area (Å²) < 4.78 is 5.11. The highest BCUT2D eigenvalue weighted by atomic mass is 16.5. The lowest BCUT2D eigenvalue weighted by atomic mass is 9.86. The van der Waals surface area contributed by atoms with Crippen LogP contribution in [0.25, 0.3) is 6.08 Å². The summed E-state index contributed by atoms with van der Waals surface area (Å²) in [7, 11) is 0. The van der Waals surface area contributed by atoms with E-state index in [-0.39, 0.29) is 0 Å². The summed E-state index contributed by atoms with van der Waals surface area (Å²) in [4.78, 5) is 2.64. The van der Waals surface area contributed by atoms with Crippen molar-refractivity contribution in [2.24, 2.45) is 0 Å². The smallest absolute Gasteiger partial charge is 0.159 e. The zero-order valence-electron chi connectivity index (χ0n) is 9.56. The lowest BCUT2D eigenvalue weighted by Crippen LogP contribution is -2.45. The number of piperidine rings is 1. The van der Waals surface area contributed by atoms with Gasteiger partial charge in [-0.2, -0.15) is 0 Å². The van der Waals surface area contributed by atoms with Crippen molar-refractivity contribution in [2.75, 3.05) is 13.1 Å². The van der Waals surface area contributed by atoms with Gasteiger partial charge in [-0.05, 0) is 44.8 Å². The van der Waals surface area contributed by atoms with Crippen molar-refractivity contribution < 1.29 is 4.52 Å². The minimum absolute atomic E-state index is 0.324. The fourth-order valence-corrected chi connectivity index (χ4v) is 3.13. The van der Waals surface area contributed by atoms with Crippen LogP contribution >= 0.6 is 0 Å². The highest BCUT2D eigenvalue weighted by Crippen LogP contribution is 2.38. The molecule has 1 aromatic heterocycles. The van der Waals surface area contributed by atoms with Crippen molar-refractivity contribution in [3.8, 4) is 0 Å². The Hall–Kier alpha value is -1.09. The summed E-state index contributed by atoms with van der Waals surface area (Å²) in [5.74, 6) is 0.867. The molecule has 0 amide bonds. The van der Waals surface area contributed by atoms with E-state index in [0.29, 0.717) is 5.54 Å². The third-order valence-corrected chi connectivity index (χ3v) is 3.97. The maximum absolute atomic E-state index is 5.11. The fourth-order valence-electron chi connectivity index (χ4n) is 3.13. The van der Waals surface area contributed by atoms with Crippen LogP contribution in [0.2, 0.25) is 0 Å². The molecule has 3 rings (SSSR count). The van der Waals surface area contributed by atoms with Crippen LogP contribution in [0.4, 0.5) is 0 Å². The predicted molar refractivity (Wildman–Crippen MR) is 62.9 cm³/mol. The van der Waals surface area contributed by atoms with Crippen molar-refractivity contribution in [3.05, 3.63) is 24.1 Å². The van der Waals surface area contributed by atoms with E-state index in [1.807, 2.05) is 6.07 Å². The fraction of sp³-hybridized carbons (Fsp3) is 0.615. The van der Waals surface area contributed by atoms with Gasteiger partial charge in [0, 0.05) is 11.6 Å². The topological polar surface area (TPSA) is 29.3 Å². The highest BCUT2D eigenvalue weighted by Gasteiger charge is 2.39. The van der Waals surface area contributed by atoms with Gasteiger partial charge in [-0.1, -0.05) is 17.7 Å². The average molecular weight is 218 g/mol. The minimum atomic E-state index is 0.324. The summed E-state index contributed by atoms with van der Waals surface area (Å²) in [6.07, 6.45) is 12.8. The molecule has 0 bridgehead atoms. The molecule has 0 aromatic carbocycles. The van der Waals surface area contributed by atoms with Gasteiger partial charge in [0.2, 0.25) is 0 Å². The van der Waals surface area contributed by atoms with Crippen LogP contribution in [0.5, 0.6) is 0 Å². The molecule has 1 atom stereocenters.